The number of carbonyl (C=O) groups excluding carboxylic acids is 1. The maximum Gasteiger partial charge on any atom is 0.235 e. The summed E-state index contributed by atoms with van der Waals surface area (Å²) in [5.41, 5.74) is 1.28. The lowest BCUT2D eigenvalue weighted by Crippen LogP contribution is -2.50. The number of amides is 1. The number of rotatable bonds is 7. The average molecular weight is 413 g/mol. The van der Waals surface area contributed by atoms with Crippen molar-refractivity contribution in [3.8, 4) is 0 Å². The van der Waals surface area contributed by atoms with Crippen molar-refractivity contribution in [1.29, 1.82) is 0 Å². The third-order valence-electron chi connectivity index (χ3n) is 6.25. The van der Waals surface area contributed by atoms with Crippen molar-refractivity contribution in [2.24, 2.45) is 5.92 Å². The fraction of sp³-hybridized carbons (Fsp3) is 0.636. The smallest absolute Gasteiger partial charge is 0.235 e. The number of carbonyl (C=O) groups is 1. The first-order valence-corrected chi connectivity index (χ1v) is 11.2. The summed E-state index contributed by atoms with van der Waals surface area (Å²) in [6, 6.07) is 4.72. The lowest BCUT2D eigenvalue weighted by atomic mass is 9.93. The minimum absolute atomic E-state index is 0.0424. The van der Waals surface area contributed by atoms with Crippen LogP contribution in [0.3, 0.4) is 0 Å². The molecular weight excluding hydrogens is 380 g/mol. The fourth-order valence-corrected chi connectivity index (χ4v) is 4.55. The van der Waals surface area contributed by atoms with Gasteiger partial charge in [0.2, 0.25) is 17.7 Å². The molecule has 2 aliphatic rings. The molecule has 0 aliphatic carbocycles. The van der Waals surface area contributed by atoms with Gasteiger partial charge in [0.25, 0.3) is 0 Å². The molecule has 1 atom stereocenters. The molecule has 2 aromatic heterocycles. The van der Waals surface area contributed by atoms with Crippen LogP contribution in [0.2, 0.25) is 0 Å². The van der Waals surface area contributed by atoms with Crippen LogP contribution in [0.4, 0.5) is 0 Å². The summed E-state index contributed by atoms with van der Waals surface area (Å²) in [7, 11) is 0. The van der Waals surface area contributed by atoms with Gasteiger partial charge in [-0.05, 0) is 56.9 Å². The van der Waals surface area contributed by atoms with Crippen molar-refractivity contribution >= 4 is 5.91 Å². The summed E-state index contributed by atoms with van der Waals surface area (Å²) in [5.74, 6) is 1.23. The van der Waals surface area contributed by atoms with Crippen LogP contribution in [0.1, 0.15) is 50.0 Å². The maximum atomic E-state index is 12.7. The van der Waals surface area contributed by atoms with Gasteiger partial charge in [-0.15, -0.1) is 10.2 Å². The van der Waals surface area contributed by atoms with E-state index in [0.29, 0.717) is 30.8 Å². The van der Waals surface area contributed by atoms with Gasteiger partial charge >= 0.3 is 0 Å². The topological polar surface area (TPSA) is 87.4 Å². The SMILES string of the molecule is CCc1nnc(CNC(=O)[C@H]2CCCN(C3CCN(Cc4cccnc4)CC3)C2)o1. The van der Waals surface area contributed by atoms with Crippen LogP contribution in [0.25, 0.3) is 0 Å². The van der Waals surface area contributed by atoms with Crippen LogP contribution in [0.5, 0.6) is 0 Å². The fourth-order valence-electron chi connectivity index (χ4n) is 4.55. The van der Waals surface area contributed by atoms with E-state index in [1.807, 2.05) is 25.4 Å². The first-order chi connectivity index (χ1) is 14.7. The molecule has 4 rings (SSSR count). The van der Waals surface area contributed by atoms with E-state index in [9.17, 15) is 4.79 Å². The molecule has 0 bridgehead atoms. The third-order valence-corrected chi connectivity index (χ3v) is 6.25. The van der Waals surface area contributed by atoms with E-state index in [1.165, 1.54) is 5.56 Å². The van der Waals surface area contributed by atoms with Crippen LogP contribution in [-0.4, -0.2) is 63.1 Å². The number of aromatic nitrogens is 3. The highest BCUT2D eigenvalue weighted by Gasteiger charge is 2.31. The quantitative estimate of drug-likeness (QED) is 0.744. The molecule has 2 aliphatic heterocycles. The molecule has 162 valence electrons. The number of aryl methyl sites for hydroxylation is 1. The molecule has 0 unspecified atom stereocenters. The summed E-state index contributed by atoms with van der Waals surface area (Å²) in [4.78, 5) is 22.0. The highest BCUT2D eigenvalue weighted by atomic mass is 16.4. The molecule has 0 spiro atoms. The second-order valence-electron chi connectivity index (χ2n) is 8.36. The Morgan fingerprint density at radius 2 is 2.03 bits per heavy atom. The van der Waals surface area contributed by atoms with Gasteiger partial charge in [0.1, 0.15) is 0 Å². The average Bonchev–Trinajstić information content (AvgIpc) is 3.27. The number of nitrogens with one attached hydrogen (secondary N) is 1. The van der Waals surface area contributed by atoms with Gasteiger partial charge in [0.05, 0.1) is 12.5 Å². The predicted molar refractivity (Wildman–Crippen MR) is 112 cm³/mol. The van der Waals surface area contributed by atoms with Gasteiger partial charge in [-0.3, -0.25) is 19.6 Å². The van der Waals surface area contributed by atoms with E-state index in [0.717, 1.165) is 58.4 Å². The Hall–Kier alpha value is -2.32. The van der Waals surface area contributed by atoms with Gasteiger partial charge in [-0.2, -0.15) is 0 Å². The molecule has 1 amide bonds. The number of hydrogen-bond acceptors (Lipinski definition) is 7. The van der Waals surface area contributed by atoms with Crippen LogP contribution >= 0.6 is 0 Å². The van der Waals surface area contributed by atoms with Crippen molar-refractivity contribution < 1.29 is 9.21 Å². The predicted octanol–water partition coefficient (Wildman–Crippen LogP) is 2.02. The number of likely N-dealkylation sites (tertiary alicyclic amines) is 2. The number of hydrogen-bond donors (Lipinski definition) is 1. The second-order valence-corrected chi connectivity index (χ2v) is 8.36. The van der Waals surface area contributed by atoms with Gasteiger partial charge in [-0.25, -0.2) is 0 Å². The molecule has 8 nitrogen and oxygen atoms in total. The van der Waals surface area contributed by atoms with Crippen LogP contribution < -0.4 is 5.32 Å². The van der Waals surface area contributed by atoms with E-state index < -0.39 is 0 Å². The first-order valence-electron chi connectivity index (χ1n) is 11.2. The minimum atomic E-state index is 0.0424. The Labute approximate surface area is 178 Å². The normalized spacial score (nSPS) is 21.6. The Bertz CT molecular complexity index is 803. The molecular formula is C22H32N6O2. The second kappa shape index (κ2) is 10.1. The Morgan fingerprint density at radius 1 is 1.20 bits per heavy atom. The lowest BCUT2D eigenvalue weighted by Gasteiger charge is -2.42. The highest BCUT2D eigenvalue weighted by molar-refractivity contribution is 5.78. The summed E-state index contributed by atoms with van der Waals surface area (Å²) >= 11 is 0. The zero-order valence-corrected chi connectivity index (χ0v) is 17.8. The highest BCUT2D eigenvalue weighted by Crippen LogP contribution is 2.24. The molecule has 2 fully saturated rings. The molecule has 8 heteroatoms. The van der Waals surface area contributed by atoms with E-state index >= 15 is 0 Å². The van der Waals surface area contributed by atoms with Crippen molar-refractivity contribution in [2.75, 3.05) is 26.2 Å². The lowest BCUT2D eigenvalue weighted by molar-refractivity contribution is -0.127. The van der Waals surface area contributed by atoms with Gasteiger partial charge in [0.15, 0.2) is 0 Å². The Kier molecular flexibility index (Phi) is 7.07. The van der Waals surface area contributed by atoms with Crippen LogP contribution in [-0.2, 0) is 24.3 Å². The molecule has 0 aromatic carbocycles. The zero-order chi connectivity index (χ0) is 20.8. The monoisotopic (exact) mass is 412 g/mol. The van der Waals surface area contributed by atoms with E-state index in [4.69, 9.17) is 4.42 Å². The summed E-state index contributed by atoms with van der Waals surface area (Å²) < 4.78 is 5.48. The Morgan fingerprint density at radius 3 is 2.77 bits per heavy atom. The molecule has 1 N–H and O–H groups in total. The summed E-state index contributed by atoms with van der Waals surface area (Å²) in [5, 5.41) is 10.9. The maximum absolute atomic E-state index is 12.7. The van der Waals surface area contributed by atoms with E-state index in [2.05, 4.69) is 36.4 Å². The third kappa shape index (κ3) is 5.43. The molecule has 2 saturated heterocycles. The van der Waals surface area contributed by atoms with E-state index in [1.54, 1.807) is 0 Å². The summed E-state index contributed by atoms with van der Waals surface area (Å²) in [6.45, 7) is 7.41. The van der Waals surface area contributed by atoms with Crippen molar-refractivity contribution in [2.45, 2.75) is 58.2 Å². The molecule has 0 radical (unpaired) electrons. The van der Waals surface area contributed by atoms with Gasteiger partial charge in [0, 0.05) is 37.9 Å². The van der Waals surface area contributed by atoms with Crippen LogP contribution in [0.15, 0.2) is 28.9 Å². The zero-order valence-electron chi connectivity index (χ0n) is 17.8. The Balaban J connectivity index is 1.22. The van der Waals surface area contributed by atoms with Crippen molar-refractivity contribution in [3.63, 3.8) is 0 Å². The van der Waals surface area contributed by atoms with Crippen molar-refractivity contribution in [3.05, 3.63) is 41.9 Å². The van der Waals surface area contributed by atoms with E-state index in [-0.39, 0.29) is 11.8 Å². The minimum Gasteiger partial charge on any atom is -0.423 e. The molecule has 30 heavy (non-hydrogen) atoms. The summed E-state index contributed by atoms with van der Waals surface area (Å²) in [6.07, 6.45) is 8.84. The molecule has 4 heterocycles. The number of pyridine rings is 1. The first kappa shape index (κ1) is 20.9. The van der Waals surface area contributed by atoms with Gasteiger partial charge in [-0.1, -0.05) is 13.0 Å². The largest absolute Gasteiger partial charge is 0.423 e. The number of nitrogens with zero attached hydrogens (tertiary/aromatic N) is 5. The standard InChI is InChI=1S/C22H32N6O2/c1-2-20-25-26-21(30-20)14-24-22(29)18-6-4-10-28(16-18)19-7-11-27(12-8-19)15-17-5-3-9-23-13-17/h3,5,9,13,18-19H,2,4,6-8,10-12,14-16H2,1H3,(H,24,29)/t18-/m0/s1. The molecule has 0 saturated carbocycles. The van der Waals surface area contributed by atoms with Gasteiger partial charge < -0.3 is 9.73 Å². The van der Waals surface area contributed by atoms with Crippen LogP contribution in [0, 0.1) is 5.92 Å². The molecule has 2 aromatic rings. The van der Waals surface area contributed by atoms with Crippen molar-refractivity contribution in [1.82, 2.24) is 30.3 Å². The number of piperidine rings is 2.